The van der Waals surface area contributed by atoms with Gasteiger partial charge < -0.3 is 0 Å². The highest BCUT2D eigenvalue weighted by Crippen LogP contribution is 2.29. The van der Waals surface area contributed by atoms with Crippen LogP contribution in [0, 0.1) is 5.82 Å². The maximum Gasteiger partial charge on any atom is 0.242 e. The van der Waals surface area contributed by atoms with Gasteiger partial charge in [-0.15, -0.1) is 10.2 Å². The first kappa shape index (κ1) is 21.7. The van der Waals surface area contributed by atoms with Gasteiger partial charge >= 0.3 is 0 Å². The number of para-hydroxylation sites is 1. The number of hydrogen-bond donors (Lipinski definition) is 0. The molecule has 0 unspecified atom stereocenters. The highest BCUT2D eigenvalue weighted by Gasteiger charge is 2.19. The lowest BCUT2D eigenvalue weighted by Gasteiger charge is -2.11. The van der Waals surface area contributed by atoms with Crippen molar-refractivity contribution in [2.24, 2.45) is 4.99 Å². The maximum absolute atomic E-state index is 14.5. The minimum atomic E-state index is -0.385. The Labute approximate surface area is 189 Å². The van der Waals surface area contributed by atoms with E-state index < -0.39 is 0 Å². The van der Waals surface area contributed by atoms with E-state index in [1.807, 2.05) is 56.3 Å². The first-order chi connectivity index (χ1) is 15.5. The van der Waals surface area contributed by atoms with E-state index in [0.29, 0.717) is 22.0 Å². The molecular formula is C24H22FN5OS. The summed E-state index contributed by atoms with van der Waals surface area (Å²) in [5, 5.41) is 9.02. The van der Waals surface area contributed by atoms with E-state index >= 15 is 0 Å². The summed E-state index contributed by atoms with van der Waals surface area (Å²) >= 11 is 1.25. The van der Waals surface area contributed by atoms with E-state index in [2.05, 4.69) is 15.2 Å². The number of benzene rings is 2. The van der Waals surface area contributed by atoms with Crippen molar-refractivity contribution >= 4 is 17.7 Å². The zero-order valence-corrected chi connectivity index (χ0v) is 18.5. The molecule has 0 radical (unpaired) electrons. The molecule has 2 heterocycles. The molecule has 162 valence electrons. The van der Waals surface area contributed by atoms with Crippen LogP contribution < -0.4 is 5.49 Å². The largest absolute Gasteiger partial charge is 0.273 e. The molecule has 2 aromatic carbocycles. The fraction of sp³-hybridized carbons (Fsp3) is 0.167. The van der Waals surface area contributed by atoms with Gasteiger partial charge in [0.15, 0.2) is 11.0 Å². The molecule has 0 aliphatic heterocycles. The predicted octanol–water partition coefficient (Wildman–Crippen LogP) is 4.62. The molecular weight excluding hydrogens is 425 g/mol. The predicted molar refractivity (Wildman–Crippen MR) is 123 cm³/mol. The molecule has 0 spiro atoms. The number of hydrogen-bond acceptors (Lipinski definition) is 5. The molecule has 0 bridgehead atoms. The Morgan fingerprint density at radius 2 is 1.72 bits per heavy atom. The second-order valence-corrected chi connectivity index (χ2v) is 8.23. The average Bonchev–Trinajstić information content (AvgIpc) is 3.22. The summed E-state index contributed by atoms with van der Waals surface area (Å²) in [5.41, 5.74) is 1.73. The molecule has 4 aromatic rings. The number of carbonyl (C=O) groups excluding carboxylic acids is 1. The van der Waals surface area contributed by atoms with E-state index in [-0.39, 0.29) is 23.5 Å². The maximum atomic E-state index is 14.5. The third-order valence-electron chi connectivity index (χ3n) is 4.58. The van der Waals surface area contributed by atoms with Crippen molar-refractivity contribution in [2.45, 2.75) is 25.0 Å². The van der Waals surface area contributed by atoms with Crippen molar-refractivity contribution in [1.82, 2.24) is 19.3 Å². The molecule has 0 N–H and O–H groups in total. The van der Waals surface area contributed by atoms with Gasteiger partial charge in [0, 0.05) is 17.9 Å². The van der Waals surface area contributed by atoms with Crippen molar-refractivity contribution < 1.29 is 9.18 Å². The van der Waals surface area contributed by atoms with Gasteiger partial charge in [0.1, 0.15) is 11.3 Å². The molecule has 6 nitrogen and oxygen atoms in total. The molecule has 0 aliphatic rings. The third-order valence-corrected chi connectivity index (χ3v) is 5.50. The second-order valence-electron chi connectivity index (χ2n) is 7.29. The van der Waals surface area contributed by atoms with Crippen molar-refractivity contribution in [3.05, 3.63) is 90.3 Å². The van der Waals surface area contributed by atoms with Crippen molar-refractivity contribution in [1.29, 1.82) is 0 Å². The van der Waals surface area contributed by atoms with E-state index in [9.17, 15) is 9.18 Å². The third kappa shape index (κ3) is 4.70. The topological polar surface area (TPSA) is 65.1 Å². The summed E-state index contributed by atoms with van der Waals surface area (Å²) in [7, 11) is 0. The van der Waals surface area contributed by atoms with Gasteiger partial charge in [-0.25, -0.2) is 4.39 Å². The summed E-state index contributed by atoms with van der Waals surface area (Å²) in [4.78, 5) is 17.5. The Kier molecular flexibility index (Phi) is 6.61. The monoisotopic (exact) mass is 447 g/mol. The Balaban J connectivity index is 1.69. The van der Waals surface area contributed by atoms with Crippen LogP contribution in [0.1, 0.15) is 18.6 Å². The Morgan fingerprint density at radius 1 is 1.00 bits per heavy atom. The number of halogens is 1. The summed E-state index contributed by atoms with van der Waals surface area (Å²) in [6.45, 7) is 3.92. The van der Waals surface area contributed by atoms with Gasteiger partial charge in [0.25, 0.3) is 0 Å². The highest BCUT2D eigenvalue weighted by molar-refractivity contribution is 7.99. The lowest BCUT2D eigenvalue weighted by atomic mass is 10.2. The molecule has 0 aliphatic carbocycles. The van der Waals surface area contributed by atoms with Crippen LogP contribution in [0.3, 0.4) is 0 Å². The fourth-order valence-electron chi connectivity index (χ4n) is 3.20. The lowest BCUT2D eigenvalue weighted by Crippen LogP contribution is -2.28. The van der Waals surface area contributed by atoms with Gasteiger partial charge in [0.2, 0.25) is 5.91 Å². The van der Waals surface area contributed by atoms with Crippen molar-refractivity contribution in [3.63, 3.8) is 0 Å². The van der Waals surface area contributed by atoms with Crippen LogP contribution >= 0.6 is 11.8 Å². The quantitative estimate of drug-likeness (QED) is 0.405. The average molecular weight is 448 g/mol. The summed E-state index contributed by atoms with van der Waals surface area (Å²) in [6.07, 6.45) is 1.71. The first-order valence-electron chi connectivity index (χ1n) is 10.2. The Bertz CT molecular complexity index is 1300. The highest BCUT2D eigenvalue weighted by atomic mass is 32.2. The minimum Gasteiger partial charge on any atom is -0.273 e. The minimum absolute atomic E-state index is 0.0635. The molecule has 32 heavy (non-hydrogen) atoms. The van der Waals surface area contributed by atoms with Crippen molar-refractivity contribution in [2.75, 3.05) is 5.75 Å². The normalized spacial score (nSPS) is 11.8. The van der Waals surface area contributed by atoms with E-state index in [1.165, 1.54) is 22.4 Å². The van der Waals surface area contributed by atoms with E-state index in [1.54, 1.807) is 35.0 Å². The lowest BCUT2D eigenvalue weighted by molar-refractivity contribution is 0.0936. The van der Waals surface area contributed by atoms with Gasteiger partial charge in [-0.3, -0.25) is 18.9 Å². The van der Waals surface area contributed by atoms with E-state index in [0.717, 1.165) is 5.69 Å². The van der Waals surface area contributed by atoms with Crippen LogP contribution in [0.15, 0.2) is 89.1 Å². The van der Waals surface area contributed by atoms with Crippen molar-refractivity contribution in [3.8, 4) is 17.1 Å². The van der Waals surface area contributed by atoms with Crippen LogP contribution in [-0.4, -0.2) is 37.0 Å². The molecule has 4 rings (SSSR count). The number of thioether (sulfide) groups is 1. The van der Waals surface area contributed by atoms with Crippen LogP contribution in [0.4, 0.5) is 4.39 Å². The zero-order valence-electron chi connectivity index (χ0n) is 17.7. The standard InChI is InChI=1S/C24H22FN5OS/c1-17(2)26-21-14-8-9-15-29(21)22(31)16-32-24-28-27-23(19-12-6-7-13-20(19)25)30(24)18-10-4-3-5-11-18/h3-15,17H,16H2,1-2H3. The van der Waals surface area contributed by atoms with Gasteiger partial charge in [-0.1, -0.05) is 48.2 Å². The molecule has 2 aromatic heterocycles. The molecule has 0 fully saturated rings. The zero-order chi connectivity index (χ0) is 22.5. The number of carbonyl (C=O) groups is 1. The van der Waals surface area contributed by atoms with Crippen LogP contribution in [0.2, 0.25) is 0 Å². The fourth-order valence-corrected chi connectivity index (χ4v) is 4.01. The SMILES string of the molecule is CC(C)N=c1ccccn1C(=O)CSc1nnc(-c2ccccc2F)n1-c1ccccc1. The summed E-state index contributed by atoms with van der Waals surface area (Å²) in [6, 6.07) is 21.4. The first-order valence-corrected chi connectivity index (χ1v) is 11.2. The second kappa shape index (κ2) is 9.74. The molecule has 0 atom stereocenters. The van der Waals surface area contributed by atoms with Crippen LogP contribution in [-0.2, 0) is 0 Å². The van der Waals surface area contributed by atoms with Crippen LogP contribution in [0.25, 0.3) is 17.1 Å². The summed E-state index contributed by atoms with van der Waals surface area (Å²) in [5.74, 6) is -0.0148. The number of aromatic nitrogens is 4. The van der Waals surface area contributed by atoms with Gasteiger partial charge in [0.05, 0.1) is 11.3 Å². The Hall–Kier alpha value is -3.52. The van der Waals surface area contributed by atoms with E-state index in [4.69, 9.17) is 0 Å². The number of nitrogens with zero attached hydrogens (tertiary/aromatic N) is 5. The smallest absolute Gasteiger partial charge is 0.242 e. The number of pyridine rings is 1. The van der Waals surface area contributed by atoms with Gasteiger partial charge in [-0.2, -0.15) is 0 Å². The van der Waals surface area contributed by atoms with Gasteiger partial charge in [-0.05, 0) is 50.2 Å². The number of rotatable bonds is 6. The molecule has 0 amide bonds. The molecule has 0 saturated carbocycles. The summed E-state index contributed by atoms with van der Waals surface area (Å²) < 4.78 is 17.8. The van der Waals surface area contributed by atoms with Crippen LogP contribution in [0.5, 0.6) is 0 Å². The molecule has 0 saturated heterocycles. The Morgan fingerprint density at radius 3 is 2.47 bits per heavy atom. The molecule has 8 heteroatoms.